The van der Waals surface area contributed by atoms with Gasteiger partial charge in [0.15, 0.2) is 11.7 Å². The molecule has 0 spiro atoms. The van der Waals surface area contributed by atoms with Gasteiger partial charge in [-0.25, -0.2) is 0 Å². The molecule has 164 valence electrons. The lowest BCUT2D eigenvalue weighted by atomic mass is 10.1. The van der Waals surface area contributed by atoms with Crippen molar-refractivity contribution >= 4 is 40.7 Å². The van der Waals surface area contributed by atoms with Gasteiger partial charge in [0.1, 0.15) is 5.75 Å². The van der Waals surface area contributed by atoms with Crippen molar-refractivity contribution in [1.82, 2.24) is 16.2 Å². The van der Waals surface area contributed by atoms with E-state index in [0.29, 0.717) is 5.75 Å². The van der Waals surface area contributed by atoms with Crippen molar-refractivity contribution in [3.05, 3.63) is 59.2 Å². The van der Waals surface area contributed by atoms with Gasteiger partial charge in [0.25, 0.3) is 5.91 Å². The molecule has 3 amide bonds. The largest absolute Gasteiger partial charge is 0.483 e. The van der Waals surface area contributed by atoms with Crippen LogP contribution < -0.4 is 26.2 Å². The average molecular weight is 443 g/mol. The van der Waals surface area contributed by atoms with Gasteiger partial charge in [-0.2, -0.15) is 0 Å². The molecule has 0 aromatic heterocycles. The molecule has 0 fully saturated rings. The smallest absolute Gasteiger partial charge is 0.264 e. The summed E-state index contributed by atoms with van der Waals surface area (Å²) < 4.78 is 5.42. The van der Waals surface area contributed by atoms with Crippen LogP contribution in [0.5, 0.6) is 5.75 Å². The monoisotopic (exact) mass is 442 g/mol. The normalized spacial score (nSPS) is 10.0. The zero-order valence-electron chi connectivity index (χ0n) is 17.7. The highest BCUT2D eigenvalue weighted by Gasteiger charge is 2.10. The topological polar surface area (TPSA) is 109 Å². The number of para-hydroxylation sites is 1. The molecule has 8 nitrogen and oxygen atoms in total. The van der Waals surface area contributed by atoms with E-state index in [1.807, 2.05) is 57.2 Å². The maximum atomic E-state index is 12.1. The first-order chi connectivity index (χ1) is 14.7. The maximum Gasteiger partial charge on any atom is 0.264 e. The van der Waals surface area contributed by atoms with Crippen molar-refractivity contribution < 1.29 is 19.1 Å². The standard InChI is InChI=1S/C22H26N4O4S/c1-14-8-9-15(2)17(12-14)23-19(27)10-11-20(28)25-26-22(31)24-21(29)13-30-18-7-5-4-6-16(18)3/h4-9,12H,10-11,13H2,1-3H3,(H,23,27)(H,25,28)(H2,24,26,29,31). The molecular formula is C22H26N4O4S. The van der Waals surface area contributed by atoms with Crippen LogP contribution >= 0.6 is 12.2 Å². The van der Waals surface area contributed by atoms with Gasteiger partial charge in [0.2, 0.25) is 11.8 Å². The SMILES string of the molecule is Cc1ccc(C)c(NC(=O)CCC(=O)NNC(=S)NC(=O)COc2ccccc2C)c1. The number of rotatable bonds is 7. The van der Waals surface area contributed by atoms with Crippen LogP contribution in [0.3, 0.4) is 0 Å². The number of thiocarbonyl (C=S) groups is 1. The van der Waals surface area contributed by atoms with Crippen molar-refractivity contribution in [3.63, 3.8) is 0 Å². The Bertz CT molecular complexity index is 978. The van der Waals surface area contributed by atoms with Crippen LogP contribution in [0.15, 0.2) is 42.5 Å². The number of carbonyl (C=O) groups excluding carboxylic acids is 3. The third-order valence-electron chi connectivity index (χ3n) is 4.27. The number of nitrogens with one attached hydrogen (secondary N) is 4. The first-order valence-corrected chi connectivity index (χ1v) is 10.1. The lowest BCUT2D eigenvalue weighted by Crippen LogP contribution is -2.49. The second-order valence-corrected chi connectivity index (χ2v) is 7.38. The van der Waals surface area contributed by atoms with Crippen molar-refractivity contribution in [2.24, 2.45) is 0 Å². The molecule has 2 aromatic carbocycles. The number of amides is 3. The van der Waals surface area contributed by atoms with Gasteiger partial charge in [-0.3, -0.25) is 30.6 Å². The summed E-state index contributed by atoms with van der Waals surface area (Å²) >= 11 is 4.96. The summed E-state index contributed by atoms with van der Waals surface area (Å²) in [5, 5.41) is 5.11. The highest BCUT2D eigenvalue weighted by atomic mass is 32.1. The minimum absolute atomic E-state index is 0.00425. The molecule has 0 radical (unpaired) electrons. The third-order valence-corrected chi connectivity index (χ3v) is 4.47. The van der Waals surface area contributed by atoms with Gasteiger partial charge in [0, 0.05) is 18.5 Å². The van der Waals surface area contributed by atoms with E-state index in [4.69, 9.17) is 17.0 Å². The summed E-state index contributed by atoms with van der Waals surface area (Å²) in [5.74, 6) is -0.580. The molecule has 0 bridgehead atoms. The quantitative estimate of drug-likeness (QED) is 0.387. The highest BCUT2D eigenvalue weighted by Crippen LogP contribution is 2.17. The summed E-state index contributed by atoms with van der Waals surface area (Å²) in [4.78, 5) is 35.9. The van der Waals surface area contributed by atoms with E-state index in [9.17, 15) is 14.4 Å². The van der Waals surface area contributed by atoms with Crippen LogP contribution in [-0.4, -0.2) is 29.4 Å². The van der Waals surface area contributed by atoms with Crippen LogP contribution in [0.1, 0.15) is 29.5 Å². The molecule has 0 atom stereocenters. The number of aryl methyl sites for hydroxylation is 3. The second-order valence-electron chi connectivity index (χ2n) is 6.97. The molecule has 0 saturated heterocycles. The van der Waals surface area contributed by atoms with Crippen LogP contribution in [-0.2, 0) is 14.4 Å². The van der Waals surface area contributed by atoms with Gasteiger partial charge < -0.3 is 10.1 Å². The molecule has 0 unspecified atom stereocenters. The van der Waals surface area contributed by atoms with E-state index < -0.39 is 11.8 Å². The highest BCUT2D eigenvalue weighted by molar-refractivity contribution is 7.80. The van der Waals surface area contributed by atoms with Crippen molar-refractivity contribution in [3.8, 4) is 5.75 Å². The van der Waals surface area contributed by atoms with E-state index in [-0.39, 0.29) is 30.5 Å². The number of ether oxygens (including phenoxy) is 1. The van der Waals surface area contributed by atoms with Crippen molar-refractivity contribution in [2.75, 3.05) is 11.9 Å². The number of carbonyl (C=O) groups is 3. The Labute approximate surface area is 186 Å². The minimum atomic E-state index is -0.470. The Balaban J connectivity index is 1.65. The molecule has 0 saturated carbocycles. The molecule has 9 heteroatoms. The Hall–Kier alpha value is -3.46. The first-order valence-electron chi connectivity index (χ1n) is 9.69. The Morgan fingerprint density at radius 2 is 1.58 bits per heavy atom. The summed E-state index contributed by atoms with van der Waals surface area (Å²) in [6, 6.07) is 13.1. The fourth-order valence-electron chi connectivity index (χ4n) is 2.55. The van der Waals surface area contributed by atoms with Crippen LogP contribution in [0, 0.1) is 20.8 Å². The van der Waals surface area contributed by atoms with Gasteiger partial charge in [-0.1, -0.05) is 30.3 Å². The number of hydrazine groups is 1. The van der Waals surface area contributed by atoms with Crippen molar-refractivity contribution in [2.45, 2.75) is 33.6 Å². The molecular weight excluding hydrogens is 416 g/mol. The fourth-order valence-corrected chi connectivity index (χ4v) is 2.72. The Kier molecular flexibility index (Phi) is 8.95. The van der Waals surface area contributed by atoms with E-state index in [1.54, 1.807) is 6.07 Å². The zero-order valence-corrected chi connectivity index (χ0v) is 18.5. The number of anilines is 1. The lowest BCUT2D eigenvalue weighted by molar-refractivity contribution is -0.125. The van der Waals surface area contributed by atoms with Crippen LogP contribution in [0.2, 0.25) is 0 Å². The Morgan fingerprint density at radius 3 is 2.32 bits per heavy atom. The third kappa shape index (κ3) is 8.43. The predicted molar refractivity (Wildman–Crippen MR) is 122 cm³/mol. The van der Waals surface area contributed by atoms with Gasteiger partial charge >= 0.3 is 0 Å². The van der Waals surface area contributed by atoms with E-state index in [2.05, 4.69) is 21.5 Å². The Morgan fingerprint density at radius 1 is 0.871 bits per heavy atom. The summed E-state index contributed by atoms with van der Waals surface area (Å²) in [6.07, 6.45) is -0.0407. The molecule has 0 aliphatic heterocycles. The summed E-state index contributed by atoms with van der Waals surface area (Å²) in [7, 11) is 0. The molecule has 2 rings (SSSR count). The second kappa shape index (κ2) is 11.7. The van der Waals surface area contributed by atoms with E-state index in [0.717, 1.165) is 22.4 Å². The average Bonchev–Trinajstić information content (AvgIpc) is 2.73. The molecule has 4 N–H and O–H groups in total. The minimum Gasteiger partial charge on any atom is -0.483 e. The number of hydrogen-bond donors (Lipinski definition) is 4. The summed E-state index contributed by atoms with van der Waals surface area (Å²) in [6.45, 7) is 5.48. The number of benzene rings is 2. The van der Waals surface area contributed by atoms with Crippen molar-refractivity contribution in [1.29, 1.82) is 0 Å². The van der Waals surface area contributed by atoms with Gasteiger partial charge in [0.05, 0.1) is 0 Å². The molecule has 2 aromatic rings. The molecule has 0 aliphatic rings. The molecule has 0 aliphatic carbocycles. The predicted octanol–water partition coefficient (Wildman–Crippen LogP) is 2.43. The van der Waals surface area contributed by atoms with Gasteiger partial charge in [-0.15, -0.1) is 0 Å². The summed E-state index contributed by atoms with van der Waals surface area (Å²) in [5.41, 5.74) is 8.37. The first kappa shape index (κ1) is 23.8. The molecule has 0 heterocycles. The van der Waals surface area contributed by atoms with Crippen LogP contribution in [0.25, 0.3) is 0 Å². The maximum absolute atomic E-state index is 12.1. The van der Waals surface area contributed by atoms with E-state index >= 15 is 0 Å². The zero-order chi connectivity index (χ0) is 22.8. The molecule has 31 heavy (non-hydrogen) atoms. The van der Waals surface area contributed by atoms with Crippen LogP contribution in [0.4, 0.5) is 5.69 Å². The van der Waals surface area contributed by atoms with Gasteiger partial charge in [-0.05, 0) is 61.8 Å². The number of hydrogen-bond acceptors (Lipinski definition) is 5. The lowest BCUT2D eigenvalue weighted by Gasteiger charge is -2.12. The fraction of sp³-hybridized carbons (Fsp3) is 0.273. The van der Waals surface area contributed by atoms with E-state index in [1.165, 1.54) is 0 Å².